The molecular formula is C11H15N3O2S. The van der Waals surface area contributed by atoms with E-state index in [1.807, 2.05) is 25.1 Å². The van der Waals surface area contributed by atoms with Gasteiger partial charge < -0.3 is 5.73 Å². The van der Waals surface area contributed by atoms with Crippen molar-refractivity contribution in [1.82, 2.24) is 10.9 Å². The minimum Gasteiger partial charge on any atom is -0.399 e. The Morgan fingerprint density at radius 3 is 2.65 bits per heavy atom. The molecule has 0 aliphatic carbocycles. The minimum atomic E-state index is -0.299. The number of nitrogen functional groups attached to an aromatic ring is 1. The number of hydrogen-bond acceptors (Lipinski definition) is 4. The maximum absolute atomic E-state index is 11.3. The number of nitrogens with two attached hydrogens (primary N) is 1. The maximum atomic E-state index is 11.3. The third-order valence-corrected chi connectivity index (χ3v) is 2.98. The average molecular weight is 253 g/mol. The molecular weight excluding hydrogens is 238 g/mol. The number of aryl methyl sites for hydroxylation is 1. The molecule has 0 aliphatic heterocycles. The van der Waals surface area contributed by atoms with Crippen LogP contribution in [0.2, 0.25) is 0 Å². The Hall–Kier alpha value is -1.69. The van der Waals surface area contributed by atoms with Crippen LogP contribution in [0, 0.1) is 6.92 Å². The highest BCUT2D eigenvalue weighted by Crippen LogP contribution is 2.21. The quantitative estimate of drug-likeness (QED) is 0.423. The lowest BCUT2D eigenvalue weighted by Crippen LogP contribution is -2.41. The normalized spacial score (nSPS) is 9.76. The van der Waals surface area contributed by atoms with E-state index < -0.39 is 0 Å². The lowest BCUT2D eigenvalue weighted by Gasteiger charge is -2.06. The van der Waals surface area contributed by atoms with Crippen molar-refractivity contribution in [2.45, 2.75) is 18.7 Å². The number of rotatable bonds is 3. The molecule has 2 amide bonds. The summed E-state index contributed by atoms with van der Waals surface area (Å²) in [5, 5.41) is 0. The second kappa shape index (κ2) is 6.15. The van der Waals surface area contributed by atoms with E-state index in [2.05, 4.69) is 10.9 Å². The van der Waals surface area contributed by atoms with E-state index in [0.717, 1.165) is 16.1 Å². The van der Waals surface area contributed by atoms with Crippen LogP contribution >= 0.6 is 11.8 Å². The molecule has 0 aliphatic rings. The maximum Gasteiger partial charge on any atom is 0.248 e. The first-order valence-corrected chi connectivity index (χ1v) is 6.02. The molecule has 92 valence electrons. The molecule has 0 aromatic heterocycles. The Balaban J connectivity index is 2.42. The van der Waals surface area contributed by atoms with E-state index in [1.165, 1.54) is 18.7 Å². The SMILES string of the molecule is CC(=O)NNC(=O)CSc1ccc(N)c(C)c1. The number of hydrogen-bond donors (Lipinski definition) is 3. The fourth-order valence-electron chi connectivity index (χ4n) is 1.08. The Bertz CT molecular complexity index is 435. The van der Waals surface area contributed by atoms with E-state index in [-0.39, 0.29) is 17.6 Å². The number of hydrazine groups is 1. The van der Waals surface area contributed by atoms with Crippen LogP contribution in [0.4, 0.5) is 5.69 Å². The van der Waals surface area contributed by atoms with Gasteiger partial charge in [-0.2, -0.15) is 0 Å². The number of amides is 2. The number of carbonyl (C=O) groups is 2. The molecule has 0 saturated carbocycles. The number of thioether (sulfide) groups is 1. The van der Waals surface area contributed by atoms with Gasteiger partial charge in [0, 0.05) is 17.5 Å². The standard InChI is InChI=1S/C11H15N3O2S/c1-7-5-9(3-4-10(7)12)17-6-11(16)14-13-8(2)15/h3-5H,6,12H2,1-2H3,(H,13,15)(H,14,16). The van der Waals surface area contributed by atoms with Crippen molar-refractivity contribution in [2.75, 3.05) is 11.5 Å². The van der Waals surface area contributed by atoms with Crippen molar-refractivity contribution in [2.24, 2.45) is 0 Å². The minimum absolute atomic E-state index is 0.240. The molecule has 6 heteroatoms. The fraction of sp³-hybridized carbons (Fsp3) is 0.273. The highest BCUT2D eigenvalue weighted by molar-refractivity contribution is 8.00. The van der Waals surface area contributed by atoms with Gasteiger partial charge in [0.2, 0.25) is 11.8 Å². The van der Waals surface area contributed by atoms with Gasteiger partial charge in [0.15, 0.2) is 0 Å². The van der Waals surface area contributed by atoms with Gasteiger partial charge >= 0.3 is 0 Å². The number of nitrogens with one attached hydrogen (secondary N) is 2. The second-order valence-corrected chi connectivity index (χ2v) is 4.59. The summed E-state index contributed by atoms with van der Waals surface area (Å²) in [5.41, 5.74) is 11.9. The summed E-state index contributed by atoms with van der Waals surface area (Å²) in [4.78, 5) is 22.8. The van der Waals surface area contributed by atoms with Gasteiger partial charge in [-0.15, -0.1) is 11.8 Å². The zero-order valence-electron chi connectivity index (χ0n) is 9.74. The molecule has 1 aromatic carbocycles. The molecule has 17 heavy (non-hydrogen) atoms. The fourth-order valence-corrected chi connectivity index (χ4v) is 1.87. The van der Waals surface area contributed by atoms with E-state index in [9.17, 15) is 9.59 Å². The molecule has 0 unspecified atom stereocenters. The van der Waals surface area contributed by atoms with E-state index in [1.54, 1.807) is 0 Å². The van der Waals surface area contributed by atoms with Gasteiger partial charge in [-0.3, -0.25) is 20.4 Å². The summed E-state index contributed by atoms with van der Waals surface area (Å²) >= 11 is 1.38. The topological polar surface area (TPSA) is 84.2 Å². The van der Waals surface area contributed by atoms with Crippen molar-refractivity contribution in [3.8, 4) is 0 Å². The molecule has 0 bridgehead atoms. The third-order valence-electron chi connectivity index (χ3n) is 1.99. The molecule has 0 atom stereocenters. The van der Waals surface area contributed by atoms with Crippen LogP contribution in [0.15, 0.2) is 23.1 Å². The predicted molar refractivity (Wildman–Crippen MR) is 68.3 cm³/mol. The van der Waals surface area contributed by atoms with Gasteiger partial charge in [0.1, 0.15) is 0 Å². The second-order valence-electron chi connectivity index (χ2n) is 3.54. The highest BCUT2D eigenvalue weighted by Gasteiger charge is 2.04. The molecule has 0 spiro atoms. The molecule has 1 rings (SSSR count). The van der Waals surface area contributed by atoms with Gasteiger partial charge in [0.25, 0.3) is 0 Å². The smallest absolute Gasteiger partial charge is 0.248 e. The molecule has 5 nitrogen and oxygen atoms in total. The van der Waals surface area contributed by atoms with Crippen molar-refractivity contribution in [3.63, 3.8) is 0 Å². The molecule has 1 aromatic rings. The lowest BCUT2D eigenvalue weighted by atomic mass is 10.2. The Morgan fingerprint density at radius 2 is 2.06 bits per heavy atom. The Labute approximate surface area is 104 Å². The highest BCUT2D eigenvalue weighted by atomic mass is 32.2. The van der Waals surface area contributed by atoms with Crippen LogP contribution in [0.5, 0.6) is 0 Å². The first kappa shape index (κ1) is 13.4. The zero-order valence-corrected chi connectivity index (χ0v) is 10.6. The monoisotopic (exact) mass is 253 g/mol. The van der Waals surface area contributed by atoms with Gasteiger partial charge in [-0.25, -0.2) is 0 Å². The van der Waals surface area contributed by atoms with Crippen LogP contribution < -0.4 is 16.6 Å². The van der Waals surface area contributed by atoms with Crippen LogP contribution in [0.1, 0.15) is 12.5 Å². The predicted octanol–water partition coefficient (Wildman–Crippen LogP) is 0.837. The van der Waals surface area contributed by atoms with E-state index in [0.29, 0.717) is 0 Å². The van der Waals surface area contributed by atoms with E-state index in [4.69, 9.17) is 5.73 Å². The lowest BCUT2D eigenvalue weighted by molar-refractivity contribution is -0.126. The summed E-state index contributed by atoms with van der Waals surface area (Å²) < 4.78 is 0. The molecule has 4 N–H and O–H groups in total. The summed E-state index contributed by atoms with van der Waals surface area (Å²) in [7, 11) is 0. The van der Waals surface area contributed by atoms with Crippen LogP contribution in [-0.4, -0.2) is 17.6 Å². The summed E-state index contributed by atoms with van der Waals surface area (Å²) in [6.07, 6.45) is 0. The molecule has 0 radical (unpaired) electrons. The third kappa shape index (κ3) is 4.78. The Morgan fingerprint density at radius 1 is 1.35 bits per heavy atom. The summed E-state index contributed by atoms with van der Waals surface area (Å²) in [6.45, 7) is 3.24. The average Bonchev–Trinajstić information content (AvgIpc) is 2.28. The molecule has 0 heterocycles. The first-order chi connectivity index (χ1) is 7.99. The van der Waals surface area contributed by atoms with Crippen molar-refractivity contribution >= 4 is 29.3 Å². The van der Waals surface area contributed by atoms with Crippen molar-refractivity contribution in [3.05, 3.63) is 23.8 Å². The summed E-state index contributed by atoms with van der Waals surface area (Å²) in [6, 6.07) is 5.59. The van der Waals surface area contributed by atoms with Crippen LogP contribution in [0.25, 0.3) is 0 Å². The van der Waals surface area contributed by atoms with E-state index >= 15 is 0 Å². The molecule has 0 saturated heterocycles. The largest absolute Gasteiger partial charge is 0.399 e. The van der Waals surface area contributed by atoms with Crippen LogP contribution in [-0.2, 0) is 9.59 Å². The summed E-state index contributed by atoms with van der Waals surface area (Å²) in [5.74, 6) is -0.310. The molecule has 0 fully saturated rings. The van der Waals surface area contributed by atoms with Gasteiger partial charge in [0.05, 0.1) is 5.75 Å². The van der Waals surface area contributed by atoms with Crippen LogP contribution in [0.3, 0.4) is 0 Å². The van der Waals surface area contributed by atoms with Gasteiger partial charge in [-0.1, -0.05) is 0 Å². The van der Waals surface area contributed by atoms with Gasteiger partial charge in [-0.05, 0) is 30.7 Å². The van der Waals surface area contributed by atoms with Crippen molar-refractivity contribution < 1.29 is 9.59 Å². The number of carbonyl (C=O) groups excluding carboxylic acids is 2. The number of benzene rings is 1. The van der Waals surface area contributed by atoms with Crippen molar-refractivity contribution in [1.29, 1.82) is 0 Å². The number of anilines is 1. The zero-order chi connectivity index (χ0) is 12.8. The Kier molecular flexibility index (Phi) is 4.84. The first-order valence-electron chi connectivity index (χ1n) is 5.03.